The predicted octanol–water partition coefficient (Wildman–Crippen LogP) is 1.98. The zero-order valence-corrected chi connectivity index (χ0v) is 12.0. The molecular weight excluding hydrogens is 296 g/mol. The van der Waals surface area contributed by atoms with E-state index in [0.717, 1.165) is 0 Å². The van der Waals surface area contributed by atoms with Crippen LogP contribution < -0.4 is 0 Å². The van der Waals surface area contributed by atoms with Gasteiger partial charge in [-0.3, -0.25) is 19.2 Å². The summed E-state index contributed by atoms with van der Waals surface area (Å²) in [6.07, 6.45) is 1.75. The lowest BCUT2D eigenvalue weighted by molar-refractivity contribution is -0.130. The standard InChI is InChI=1S/C18H12O5/c19-8-5-6-11-12(7-8)18(23)14-13(17(11)22)15(20)9-3-1-2-4-10(9)16(14)21/h1-5,11-12,19H,6-7H2. The summed E-state index contributed by atoms with van der Waals surface area (Å²) in [4.78, 5) is 50.7. The first-order valence-electron chi connectivity index (χ1n) is 7.40. The van der Waals surface area contributed by atoms with Crippen LogP contribution in [0.2, 0.25) is 0 Å². The van der Waals surface area contributed by atoms with Crippen molar-refractivity contribution in [2.75, 3.05) is 0 Å². The molecule has 0 heterocycles. The van der Waals surface area contributed by atoms with Crippen molar-refractivity contribution < 1.29 is 24.3 Å². The second-order valence-electron chi connectivity index (χ2n) is 6.03. The highest BCUT2D eigenvalue weighted by molar-refractivity contribution is 6.45. The van der Waals surface area contributed by atoms with Gasteiger partial charge in [-0.15, -0.1) is 0 Å². The fourth-order valence-corrected chi connectivity index (χ4v) is 3.66. The summed E-state index contributed by atoms with van der Waals surface area (Å²) in [6.45, 7) is 0. The maximum atomic E-state index is 12.7. The monoisotopic (exact) mass is 308 g/mol. The number of hydrogen-bond acceptors (Lipinski definition) is 5. The molecule has 0 saturated carbocycles. The summed E-state index contributed by atoms with van der Waals surface area (Å²) in [5.74, 6) is -3.45. The predicted molar refractivity (Wildman–Crippen MR) is 79.1 cm³/mol. The number of aliphatic hydroxyl groups is 1. The van der Waals surface area contributed by atoms with Gasteiger partial charge < -0.3 is 5.11 Å². The van der Waals surface area contributed by atoms with Crippen molar-refractivity contribution in [3.05, 3.63) is 58.4 Å². The SMILES string of the molecule is O=C1C2=C(C(=O)c3ccccc31)C(=O)C1CC(O)=CCC1C2=O. The lowest BCUT2D eigenvalue weighted by Gasteiger charge is -2.34. The minimum Gasteiger partial charge on any atom is -0.513 e. The number of carbonyl (C=O) groups is 4. The van der Waals surface area contributed by atoms with E-state index in [0.29, 0.717) is 0 Å². The van der Waals surface area contributed by atoms with Gasteiger partial charge in [-0.1, -0.05) is 24.3 Å². The van der Waals surface area contributed by atoms with E-state index in [-0.39, 0.29) is 40.9 Å². The van der Waals surface area contributed by atoms with Gasteiger partial charge in [0, 0.05) is 29.4 Å². The van der Waals surface area contributed by atoms with Crippen molar-refractivity contribution in [1.29, 1.82) is 0 Å². The molecule has 0 spiro atoms. The topological polar surface area (TPSA) is 88.5 Å². The molecular formula is C18H12O5. The van der Waals surface area contributed by atoms with Gasteiger partial charge in [-0.05, 0) is 12.5 Å². The largest absolute Gasteiger partial charge is 0.513 e. The van der Waals surface area contributed by atoms with Gasteiger partial charge in [0.25, 0.3) is 0 Å². The Balaban J connectivity index is 1.92. The Morgan fingerprint density at radius 3 is 1.91 bits per heavy atom. The molecule has 0 aromatic heterocycles. The van der Waals surface area contributed by atoms with E-state index in [2.05, 4.69) is 0 Å². The number of benzene rings is 1. The van der Waals surface area contributed by atoms with Gasteiger partial charge in [0.1, 0.15) is 0 Å². The molecule has 3 aliphatic rings. The Morgan fingerprint density at radius 1 is 0.826 bits per heavy atom. The third-order valence-electron chi connectivity index (χ3n) is 4.81. The smallest absolute Gasteiger partial charge is 0.198 e. The highest BCUT2D eigenvalue weighted by atomic mass is 16.3. The first-order valence-corrected chi connectivity index (χ1v) is 7.40. The van der Waals surface area contributed by atoms with E-state index in [1.807, 2.05) is 0 Å². The van der Waals surface area contributed by atoms with Crippen molar-refractivity contribution in [3.8, 4) is 0 Å². The van der Waals surface area contributed by atoms with Crippen molar-refractivity contribution in [1.82, 2.24) is 0 Å². The summed E-state index contributed by atoms with van der Waals surface area (Å²) in [5, 5.41) is 9.65. The molecule has 0 saturated heterocycles. The Kier molecular flexibility index (Phi) is 2.75. The summed E-state index contributed by atoms with van der Waals surface area (Å²) < 4.78 is 0. The third-order valence-corrected chi connectivity index (χ3v) is 4.81. The van der Waals surface area contributed by atoms with E-state index in [9.17, 15) is 24.3 Å². The fourth-order valence-electron chi connectivity index (χ4n) is 3.66. The van der Waals surface area contributed by atoms with E-state index in [1.54, 1.807) is 12.1 Å². The van der Waals surface area contributed by atoms with Crippen molar-refractivity contribution in [2.45, 2.75) is 12.8 Å². The van der Waals surface area contributed by atoms with Crippen molar-refractivity contribution in [2.24, 2.45) is 11.8 Å². The molecule has 0 aliphatic heterocycles. The van der Waals surface area contributed by atoms with Gasteiger partial charge in [0.2, 0.25) is 0 Å². The van der Waals surface area contributed by atoms with Crippen LogP contribution in [0.25, 0.3) is 0 Å². The molecule has 23 heavy (non-hydrogen) atoms. The molecule has 2 unspecified atom stereocenters. The molecule has 5 heteroatoms. The van der Waals surface area contributed by atoms with Crippen LogP contribution in [0.4, 0.5) is 0 Å². The van der Waals surface area contributed by atoms with Crippen LogP contribution in [-0.4, -0.2) is 28.2 Å². The van der Waals surface area contributed by atoms with Gasteiger partial charge in [-0.2, -0.15) is 0 Å². The van der Waals surface area contributed by atoms with Crippen LogP contribution in [0.15, 0.2) is 47.2 Å². The zero-order valence-electron chi connectivity index (χ0n) is 12.0. The van der Waals surface area contributed by atoms with Gasteiger partial charge in [0.15, 0.2) is 23.1 Å². The first kappa shape index (κ1) is 13.8. The molecule has 3 aliphatic carbocycles. The Labute approximate surface area is 131 Å². The summed E-state index contributed by atoms with van der Waals surface area (Å²) in [6, 6.07) is 6.22. The molecule has 0 radical (unpaired) electrons. The molecule has 114 valence electrons. The number of rotatable bonds is 0. The number of fused-ring (bicyclic) bond motifs is 2. The van der Waals surface area contributed by atoms with Gasteiger partial charge in [0.05, 0.1) is 16.9 Å². The highest BCUT2D eigenvalue weighted by Crippen LogP contribution is 2.42. The zero-order chi connectivity index (χ0) is 16.3. The molecule has 0 fully saturated rings. The van der Waals surface area contributed by atoms with Crippen LogP contribution in [0.5, 0.6) is 0 Å². The maximum Gasteiger partial charge on any atom is 0.198 e. The van der Waals surface area contributed by atoms with Crippen LogP contribution in [0.1, 0.15) is 33.6 Å². The molecule has 0 amide bonds. The van der Waals surface area contributed by atoms with Crippen LogP contribution in [0.3, 0.4) is 0 Å². The highest BCUT2D eigenvalue weighted by Gasteiger charge is 2.50. The van der Waals surface area contributed by atoms with Crippen molar-refractivity contribution >= 4 is 23.1 Å². The minimum atomic E-state index is -0.756. The lowest BCUT2D eigenvalue weighted by atomic mass is 9.64. The van der Waals surface area contributed by atoms with Gasteiger partial charge >= 0.3 is 0 Å². The van der Waals surface area contributed by atoms with E-state index in [4.69, 9.17) is 0 Å². The number of aliphatic hydroxyl groups excluding tert-OH is 1. The van der Waals surface area contributed by atoms with Gasteiger partial charge in [-0.25, -0.2) is 0 Å². The lowest BCUT2D eigenvalue weighted by Crippen LogP contribution is -2.45. The first-order chi connectivity index (χ1) is 11.0. The minimum absolute atomic E-state index is 0.0368. The molecule has 0 bridgehead atoms. The summed E-state index contributed by atoms with van der Waals surface area (Å²) >= 11 is 0. The third kappa shape index (κ3) is 1.73. The average Bonchev–Trinajstić information content (AvgIpc) is 2.56. The Hall–Kier alpha value is -2.82. The molecule has 1 N–H and O–H groups in total. The fraction of sp³-hybridized carbons (Fsp3) is 0.222. The average molecular weight is 308 g/mol. The number of allylic oxidation sites excluding steroid dienone is 4. The molecule has 1 aromatic rings. The molecule has 1 aromatic carbocycles. The van der Waals surface area contributed by atoms with E-state index in [1.165, 1.54) is 18.2 Å². The number of Topliss-reactive ketones (excluding diaryl/α,β-unsaturated/α-hetero) is 4. The van der Waals surface area contributed by atoms with E-state index < -0.39 is 35.0 Å². The summed E-state index contributed by atoms with van der Waals surface area (Å²) in [7, 11) is 0. The molecule has 4 rings (SSSR count). The quantitative estimate of drug-likeness (QED) is 0.740. The summed E-state index contributed by atoms with van der Waals surface area (Å²) in [5.41, 5.74) is -0.235. The normalized spacial score (nSPS) is 26.5. The van der Waals surface area contributed by atoms with E-state index >= 15 is 0 Å². The Bertz CT molecular complexity index is 871. The van der Waals surface area contributed by atoms with Crippen LogP contribution in [0, 0.1) is 11.8 Å². The number of hydrogen-bond donors (Lipinski definition) is 1. The van der Waals surface area contributed by atoms with Crippen LogP contribution >= 0.6 is 0 Å². The Morgan fingerprint density at radius 2 is 1.35 bits per heavy atom. The second-order valence-corrected chi connectivity index (χ2v) is 6.03. The maximum absolute atomic E-state index is 12.7. The number of carbonyl (C=O) groups excluding carboxylic acids is 4. The number of ketones is 4. The van der Waals surface area contributed by atoms with Crippen molar-refractivity contribution in [3.63, 3.8) is 0 Å². The van der Waals surface area contributed by atoms with Crippen LogP contribution in [-0.2, 0) is 9.59 Å². The second kappa shape index (κ2) is 4.59. The molecule has 2 atom stereocenters. The molecule has 5 nitrogen and oxygen atoms in total.